The van der Waals surface area contributed by atoms with Gasteiger partial charge in [-0.15, -0.1) is 11.8 Å². The van der Waals surface area contributed by atoms with Gasteiger partial charge in [-0.25, -0.2) is 4.79 Å². The summed E-state index contributed by atoms with van der Waals surface area (Å²) in [5.41, 5.74) is -0.828. The number of hydrogen-bond acceptors (Lipinski definition) is 4. The molecule has 2 fully saturated rings. The maximum atomic E-state index is 12.2. The summed E-state index contributed by atoms with van der Waals surface area (Å²) in [6.07, 6.45) is 5.78. The Balaban J connectivity index is 1.72. The Bertz CT molecular complexity index is 475. The number of carbonyl (C=O) groups is 3. The van der Waals surface area contributed by atoms with Crippen molar-refractivity contribution in [2.75, 3.05) is 12.3 Å². The van der Waals surface area contributed by atoms with Gasteiger partial charge in [0.25, 0.3) is 5.91 Å². The van der Waals surface area contributed by atoms with Crippen LogP contribution in [0.25, 0.3) is 0 Å². The SMILES string of the molecule is CC(SCCN1C(=O)NC(C)(C)C1=O)C(=O)NC1CCCCC1. The molecule has 130 valence electrons. The van der Waals surface area contributed by atoms with Crippen molar-refractivity contribution in [2.24, 2.45) is 0 Å². The van der Waals surface area contributed by atoms with Gasteiger partial charge in [0, 0.05) is 18.3 Å². The maximum absolute atomic E-state index is 12.2. The highest BCUT2D eigenvalue weighted by atomic mass is 32.2. The van der Waals surface area contributed by atoms with Crippen LogP contribution in [0.3, 0.4) is 0 Å². The minimum atomic E-state index is -0.828. The zero-order chi connectivity index (χ0) is 17.0. The highest BCUT2D eigenvalue weighted by molar-refractivity contribution is 8.00. The Hall–Kier alpha value is -1.24. The number of nitrogens with one attached hydrogen (secondary N) is 2. The topological polar surface area (TPSA) is 78.5 Å². The van der Waals surface area contributed by atoms with Crippen LogP contribution in [0, 0.1) is 0 Å². The van der Waals surface area contributed by atoms with Gasteiger partial charge in [-0.05, 0) is 33.6 Å². The zero-order valence-electron chi connectivity index (χ0n) is 14.2. The van der Waals surface area contributed by atoms with Crippen LogP contribution < -0.4 is 10.6 Å². The normalized spacial score (nSPS) is 22.8. The molecule has 1 aliphatic carbocycles. The molecule has 0 aromatic rings. The fraction of sp³-hybridized carbons (Fsp3) is 0.812. The second kappa shape index (κ2) is 7.55. The van der Waals surface area contributed by atoms with Gasteiger partial charge < -0.3 is 10.6 Å². The summed E-state index contributed by atoms with van der Waals surface area (Å²) in [6, 6.07) is -0.0362. The van der Waals surface area contributed by atoms with Crippen LogP contribution in [-0.2, 0) is 9.59 Å². The number of imide groups is 1. The average Bonchev–Trinajstić information content (AvgIpc) is 2.69. The maximum Gasteiger partial charge on any atom is 0.325 e. The minimum Gasteiger partial charge on any atom is -0.352 e. The molecule has 2 rings (SSSR count). The van der Waals surface area contributed by atoms with Crippen molar-refractivity contribution in [3.63, 3.8) is 0 Å². The molecule has 23 heavy (non-hydrogen) atoms. The number of urea groups is 1. The standard InChI is InChI=1S/C16H27N3O3S/c1-11(13(20)17-12-7-5-4-6-8-12)23-10-9-19-14(21)16(2,3)18-15(19)22/h11-12H,4-10H2,1-3H3,(H,17,20)(H,18,22). The summed E-state index contributed by atoms with van der Waals surface area (Å²) >= 11 is 1.48. The Kier molecular flexibility index (Phi) is 5.95. The first-order chi connectivity index (χ1) is 10.8. The van der Waals surface area contributed by atoms with E-state index in [0.29, 0.717) is 18.3 Å². The van der Waals surface area contributed by atoms with Gasteiger partial charge in [-0.1, -0.05) is 19.3 Å². The van der Waals surface area contributed by atoms with Crippen LogP contribution in [0.4, 0.5) is 4.79 Å². The van der Waals surface area contributed by atoms with E-state index in [1.54, 1.807) is 13.8 Å². The molecule has 1 atom stereocenters. The van der Waals surface area contributed by atoms with Crippen molar-refractivity contribution in [2.45, 2.75) is 69.7 Å². The van der Waals surface area contributed by atoms with Gasteiger partial charge in [-0.3, -0.25) is 14.5 Å². The first-order valence-electron chi connectivity index (χ1n) is 8.37. The molecule has 0 aromatic carbocycles. The lowest BCUT2D eigenvalue weighted by Crippen LogP contribution is -2.41. The van der Waals surface area contributed by atoms with Gasteiger partial charge in [0.05, 0.1) is 5.25 Å². The van der Waals surface area contributed by atoms with E-state index in [9.17, 15) is 14.4 Å². The molecule has 1 saturated heterocycles. The van der Waals surface area contributed by atoms with E-state index in [2.05, 4.69) is 10.6 Å². The predicted molar refractivity (Wildman–Crippen MR) is 91.3 cm³/mol. The lowest BCUT2D eigenvalue weighted by molar-refractivity contribution is -0.130. The zero-order valence-corrected chi connectivity index (χ0v) is 15.0. The smallest absolute Gasteiger partial charge is 0.325 e. The molecule has 1 saturated carbocycles. The lowest BCUT2D eigenvalue weighted by Gasteiger charge is -2.24. The molecule has 0 aromatic heterocycles. The van der Waals surface area contributed by atoms with Gasteiger partial charge in [0.2, 0.25) is 5.91 Å². The van der Waals surface area contributed by atoms with Crippen LogP contribution in [0.2, 0.25) is 0 Å². The summed E-state index contributed by atoms with van der Waals surface area (Å²) in [5, 5.41) is 5.59. The molecule has 1 heterocycles. The molecule has 2 N–H and O–H groups in total. The largest absolute Gasteiger partial charge is 0.352 e. The molecule has 0 radical (unpaired) electrons. The van der Waals surface area contributed by atoms with Crippen molar-refractivity contribution in [3.8, 4) is 0 Å². The third kappa shape index (κ3) is 4.62. The summed E-state index contributed by atoms with van der Waals surface area (Å²) in [7, 11) is 0. The summed E-state index contributed by atoms with van der Waals surface area (Å²) in [5.74, 6) is 0.413. The van der Waals surface area contributed by atoms with E-state index in [-0.39, 0.29) is 23.1 Å². The van der Waals surface area contributed by atoms with Crippen LogP contribution in [0.5, 0.6) is 0 Å². The number of thioether (sulfide) groups is 1. The van der Waals surface area contributed by atoms with Crippen molar-refractivity contribution >= 4 is 29.6 Å². The fourth-order valence-electron chi connectivity index (χ4n) is 2.98. The van der Waals surface area contributed by atoms with Gasteiger partial charge in [0.15, 0.2) is 0 Å². The Morgan fingerprint density at radius 3 is 2.57 bits per heavy atom. The fourth-order valence-corrected chi connectivity index (χ4v) is 3.84. The van der Waals surface area contributed by atoms with E-state index in [0.717, 1.165) is 12.8 Å². The van der Waals surface area contributed by atoms with Crippen molar-refractivity contribution < 1.29 is 14.4 Å². The van der Waals surface area contributed by atoms with Gasteiger partial charge in [-0.2, -0.15) is 0 Å². The molecule has 4 amide bonds. The molecule has 7 heteroatoms. The third-order valence-electron chi connectivity index (χ3n) is 4.45. The van der Waals surface area contributed by atoms with E-state index in [1.165, 1.54) is 35.9 Å². The van der Waals surface area contributed by atoms with E-state index in [1.807, 2.05) is 6.92 Å². The number of nitrogens with zero attached hydrogens (tertiary/aromatic N) is 1. The first kappa shape index (κ1) is 18.1. The van der Waals surface area contributed by atoms with Gasteiger partial charge >= 0.3 is 6.03 Å². The van der Waals surface area contributed by atoms with Crippen molar-refractivity contribution in [1.29, 1.82) is 0 Å². The van der Waals surface area contributed by atoms with Crippen molar-refractivity contribution in [1.82, 2.24) is 15.5 Å². The number of hydrogen-bond donors (Lipinski definition) is 2. The highest BCUT2D eigenvalue weighted by Gasteiger charge is 2.43. The number of amides is 4. The average molecular weight is 341 g/mol. The van der Waals surface area contributed by atoms with E-state index < -0.39 is 5.54 Å². The van der Waals surface area contributed by atoms with Crippen LogP contribution in [0.15, 0.2) is 0 Å². The third-order valence-corrected chi connectivity index (χ3v) is 5.58. The lowest BCUT2D eigenvalue weighted by atomic mass is 9.95. The Labute approximate surface area is 142 Å². The predicted octanol–water partition coefficient (Wildman–Crippen LogP) is 1.89. The quantitative estimate of drug-likeness (QED) is 0.723. The molecule has 1 aliphatic heterocycles. The van der Waals surface area contributed by atoms with E-state index in [4.69, 9.17) is 0 Å². The molecular weight excluding hydrogens is 314 g/mol. The Morgan fingerprint density at radius 2 is 2.00 bits per heavy atom. The summed E-state index contributed by atoms with van der Waals surface area (Å²) < 4.78 is 0. The van der Waals surface area contributed by atoms with Crippen LogP contribution in [-0.4, -0.2) is 51.9 Å². The molecule has 1 unspecified atom stereocenters. The molecule has 0 bridgehead atoms. The second-order valence-corrected chi connectivity index (χ2v) is 8.32. The molecule has 0 spiro atoms. The second-order valence-electron chi connectivity index (χ2n) is 6.87. The van der Waals surface area contributed by atoms with Crippen LogP contribution >= 0.6 is 11.8 Å². The van der Waals surface area contributed by atoms with E-state index >= 15 is 0 Å². The molecule has 2 aliphatic rings. The Morgan fingerprint density at radius 1 is 1.35 bits per heavy atom. The van der Waals surface area contributed by atoms with Crippen LogP contribution in [0.1, 0.15) is 52.9 Å². The molecule has 6 nitrogen and oxygen atoms in total. The number of carbonyl (C=O) groups excluding carboxylic acids is 3. The first-order valence-corrected chi connectivity index (χ1v) is 9.42. The summed E-state index contributed by atoms with van der Waals surface area (Å²) in [4.78, 5) is 37.3. The van der Waals surface area contributed by atoms with Gasteiger partial charge in [0.1, 0.15) is 5.54 Å². The minimum absolute atomic E-state index is 0.0550. The summed E-state index contributed by atoms with van der Waals surface area (Å²) in [6.45, 7) is 5.60. The van der Waals surface area contributed by atoms with Crippen molar-refractivity contribution in [3.05, 3.63) is 0 Å². The highest BCUT2D eigenvalue weighted by Crippen LogP contribution is 2.20. The molecular formula is C16H27N3O3S. The monoisotopic (exact) mass is 341 g/mol. The number of rotatable bonds is 6.